The Balaban J connectivity index is 2.00. The number of primary amides is 1. The number of nitrogens with one attached hydrogen (secondary N) is 3. The fraction of sp³-hybridized carbons (Fsp3) is 0.250. The predicted octanol–water partition coefficient (Wildman–Crippen LogP) is -0.349. The average molecular weight is 361 g/mol. The fourth-order valence-corrected chi connectivity index (χ4v) is 2.41. The number of rotatable bonds is 8. The third-order valence-corrected chi connectivity index (χ3v) is 3.87. The van der Waals surface area contributed by atoms with Crippen LogP contribution < -0.4 is 16.4 Å². The van der Waals surface area contributed by atoms with Crippen molar-refractivity contribution >= 4 is 30.4 Å². The maximum absolute atomic E-state index is 12.4. The van der Waals surface area contributed by atoms with Crippen LogP contribution in [-0.4, -0.2) is 45.8 Å². The Morgan fingerprint density at radius 3 is 2.44 bits per heavy atom. The van der Waals surface area contributed by atoms with E-state index in [1.807, 2.05) is 30.3 Å². The van der Waals surface area contributed by atoms with Gasteiger partial charge in [-0.1, -0.05) is 30.3 Å². The first kappa shape index (κ1) is 18.5. The molecule has 25 heavy (non-hydrogen) atoms. The minimum atomic E-state index is -0.914. The lowest BCUT2D eigenvalue weighted by molar-refractivity contribution is -0.128. The first-order valence-corrected chi connectivity index (χ1v) is 8.18. The molecule has 9 heteroatoms. The van der Waals surface area contributed by atoms with Crippen LogP contribution in [0.2, 0.25) is 0 Å². The highest BCUT2D eigenvalue weighted by Crippen LogP contribution is 2.04. The summed E-state index contributed by atoms with van der Waals surface area (Å²) in [6, 6.07) is 7.38. The lowest BCUT2D eigenvalue weighted by atomic mass is 10.1. The molecule has 0 spiro atoms. The van der Waals surface area contributed by atoms with Gasteiger partial charge >= 0.3 is 0 Å². The normalized spacial score (nSPS) is 12.8. The molecule has 3 amide bonds. The Morgan fingerprint density at radius 2 is 1.88 bits per heavy atom. The van der Waals surface area contributed by atoms with Crippen LogP contribution in [0.1, 0.15) is 15.9 Å². The van der Waals surface area contributed by atoms with E-state index in [1.165, 1.54) is 12.4 Å². The molecule has 0 bridgehead atoms. The monoisotopic (exact) mass is 361 g/mol. The van der Waals surface area contributed by atoms with Crippen molar-refractivity contribution < 1.29 is 14.4 Å². The standard InChI is InChI=1S/C16H19N5O3S/c17-14(22)12(6-10-4-2-1-3-5-10)20-16(24)13(9-25)21-15(23)11-7-18-19-8-11/h1-5,7-8,12-13,25H,6,9H2,(H2,17,22)(H,18,19)(H,20,24)(H,21,23)/t12-,13-/m0/s1. The quantitative estimate of drug-likeness (QED) is 0.411. The zero-order valence-corrected chi connectivity index (χ0v) is 14.2. The Morgan fingerprint density at radius 1 is 1.16 bits per heavy atom. The molecular formula is C16H19N5O3S. The smallest absolute Gasteiger partial charge is 0.255 e. The van der Waals surface area contributed by atoms with E-state index in [2.05, 4.69) is 33.5 Å². The van der Waals surface area contributed by atoms with Gasteiger partial charge in [-0.2, -0.15) is 17.7 Å². The van der Waals surface area contributed by atoms with Crippen molar-refractivity contribution in [3.05, 3.63) is 53.9 Å². The number of H-pyrrole nitrogens is 1. The third-order valence-electron chi connectivity index (χ3n) is 3.51. The topological polar surface area (TPSA) is 130 Å². The summed E-state index contributed by atoms with van der Waals surface area (Å²) < 4.78 is 0. The Kier molecular flexibility index (Phi) is 6.58. The van der Waals surface area contributed by atoms with Gasteiger partial charge in [-0.15, -0.1) is 0 Å². The van der Waals surface area contributed by atoms with Crippen molar-refractivity contribution in [1.29, 1.82) is 0 Å². The van der Waals surface area contributed by atoms with E-state index in [-0.39, 0.29) is 17.7 Å². The van der Waals surface area contributed by atoms with Crippen LogP contribution in [0.5, 0.6) is 0 Å². The number of carbonyl (C=O) groups is 3. The first-order valence-electron chi connectivity index (χ1n) is 7.55. The second-order valence-electron chi connectivity index (χ2n) is 5.35. The molecule has 8 nitrogen and oxygen atoms in total. The summed E-state index contributed by atoms with van der Waals surface area (Å²) in [5.41, 5.74) is 6.53. The molecule has 2 aromatic rings. The number of amides is 3. The lowest BCUT2D eigenvalue weighted by Gasteiger charge is -2.20. The van der Waals surface area contributed by atoms with Gasteiger partial charge in [-0.05, 0) is 5.56 Å². The van der Waals surface area contributed by atoms with Crippen molar-refractivity contribution in [2.75, 3.05) is 5.75 Å². The van der Waals surface area contributed by atoms with E-state index >= 15 is 0 Å². The van der Waals surface area contributed by atoms with E-state index in [0.717, 1.165) is 5.56 Å². The van der Waals surface area contributed by atoms with E-state index < -0.39 is 29.8 Å². The molecule has 0 radical (unpaired) electrons. The maximum atomic E-state index is 12.4. The highest BCUT2D eigenvalue weighted by molar-refractivity contribution is 7.80. The molecular weight excluding hydrogens is 342 g/mol. The van der Waals surface area contributed by atoms with Crippen LogP contribution in [0.15, 0.2) is 42.7 Å². The number of carbonyl (C=O) groups excluding carboxylic acids is 3. The predicted molar refractivity (Wildman–Crippen MR) is 95.0 cm³/mol. The van der Waals surface area contributed by atoms with Gasteiger partial charge < -0.3 is 16.4 Å². The zero-order valence-electron chi connectivity index (χ0n) is 13.3. The molecule has 0 unspecified atom stereocenters. The van der Waals surface area contributed by atoms with E-state index in [1.54, 1.807) is 0 Å². The van der Waals surface area contributed by atoms with E-state index in [9.17, 15) is 14.4 Å². The number of nitrogens with two attached hydrogens (primary N) is 1. The van der Waals surface area contributed by atoms with Crippen molar-refractivity contribution in [2.45, 2.75) is 18.5 Å². The molecule has 0 aliphatic rings. The summed E-state index contributed by atoms with van der Waals surface area (Å²) in [5, 5.41) is 11.3. The number of hydrogen-bond acceptors (Lipinski definition) is 5. The van der Waals surface area contributed by atoms with Gasteiger partial charge in [0.2, 0.25) is 11.8 Å². The van der Waals surface area contributed by atoms with Crippen molar-refractivity contribution in [1.82, 2.24) is 20.8 Å². The molecule has 0 saturated heterocycles. The molecule has 0 saturated carbocycles. The zero-order chi connectivity index (χ0) is 18.2. The molecule has 2 rings (SSSR count). The van der Waals surface area contributed by atoms with Gasteiger partial charge in [0.25, 0.3) is 5.91 Å². The number of thiol groups is 1. The molecule has 0 fully saturated rings. The molecule has 132 valence electrons. The average Bonchev–Trinajstić information content (AvgIpc) is 3.14. The second kappa shape index (κ2) is 8.88. The molecule has 1 aromatic heterocycles. The summed E-state index contributed by atoms with van der Waals surface area (Å²) in [6.45, 7) is 0. The number of benzene rings is 1. The first-order chi connectivity index (χ1) is 12.0. The highest BCUT2D eigenvalue weighted by Gasteiger charge is 2.25. The van der Waals surface area contributed by atoms with E-state index in [4.69, 9.17) is 5.73 Å². The summed E-state index contributed by atoms with van der Waals surface area (Å²) in [7, 11) is 0. The molecule has 2 atom stereocenters. The van der Waals surface area contributed by atoms with Crippen molar-refractivity contribution in [2.24, 2.45) is 5.73 Å². The second-order valence-corrected chi connectivity index (χ2v) is 5.71. The fourth-order valence-electron chi connectivity index (χ4n) is 2.16. The number of aromatic amines is 1. The van der Waals surface area contributed by atoms with Gasteiger partial charge in [0.1, 0.15) is 12.1 Å². The number of aromatic nitrogens is 2. The highest BCUT2D eigenvalue weighted by atomic mass is 32.1. The molecule has 5 N–H and O–H groups in total. The SMILES string of the molecule is NC(=O)[C@H](Cc1ccccc1)NC(=O)[C@H](CS)NC(=O)c1cn[nH]c1. The minimum absolute atomic E-state index is 0.0617. The number of hydrogen-bond donors (Lipinski definition) is 5. The summed E-state index contributed by atoms with van der Waals surface area (Å²) >= 11 is 4.09. The Bertz CT molecular complexity index is 721. The van der Waals surface area contributed by atoms with Crippen LogP contribution in [0.3, 0.4) is 0 Å². The third kappa shape index (κ3) is 5.35. The van der Waals surface area contributed by atoms with Gasteiger partial charge in [0.05, 0.1) is 11.8 Å². The van der Waals surface area contributed by atoms with E-state index in [0.29, 0.717) is 0 Å². The number of nitrogens with zero attached hydrogens (tertiary/aromatic N) is 1. The lowest BCUT2D eigenvalue weighted by Crippen LogP contribution is -2.54. The van der Waals surface area contributed by atoms with Gasteiger partial charge in [0.15, 0.2) is 0 Å². The minimum Gasteiger partial charge on any atom is -0.368 e. The van der Waals surface area contributed by atoms with Crippen LogP contribution in [0.4, 0.5) is 0 Å². The Labute approximate surface area is 150 Å². The van der Waals surface area contributed by atoms with Gasteiger partial charge in [0, 0.05) is 18.4 Å². The van der Waals surface area contributed by atoms with Crippen LogP contribution in [0.25, 0.3) is 0 Å². The molecule has 1 heterocycles. The molecule has 0 aliphatic heterocycles. The summed E-state index contributed by atoms with van der Waals surface area (Å²) in [6.07, 6.45) is 3.01. The van der Waals surface area contributed by atoms with Crippen molar-refractivity contribution in [3.8, 4) is 0 Å². The van der Waals surface area contributed by atoms with Crippen LogP contribution in [0, 0.1) is 0 Å². The van der Waals surface area contributed by atoms with Gasteiger partial charge in [-0.3, -0.25) is 19.5 Å². The van der Waals surface area contributed by atoms with Crippen LogP contribution in [-0.2, 0) is 16.0 Å². The maximum Gasteiger partial charge on any atom is 0.255 e. The molecule has 1 aromatic carbocycles. The summed E-state index contributed by atoms with van der Waals surface area (Å²) in [4.78, 5) is 36.0. The molecule has 0 aliphatic carbocycles. The van der Waals surface area contributed by atoms with Crippen LogP contribution >= 0.6 is 12.6 Å². The summed E-state index contributed by atoms with van der Waals surface area (Å²) in [5.74, 6) is -1.60. The van der Waals surface area contributed by atoms with Gasteiger partial charge in [-0.25, -0.2) is 0 Å². The largest absolute Gasteiger partial charge is 0.368 e. The van der Waals surface area contributed by atoms with Crippen molar-refractivity contribution in [3.63, 3.8) is 0 Å². The Hall–Kier alpha value is -2.81.